The van der Waals surface area contributed by atoms with Crippen LogP contribution in [0.15, 0.2) is 71.7 Å². The maximum Gasteiger partial charge on any atom is 0.254 e. The lowest BCUT2D eigenvalue weighted by molar-refractivity contribution is -0.119. The SMILES string of the molecule is CC[Si](CC)(CC)O[C@H](c1ccccc1)[C@H]1CC[C@@H](Cc2ccc(NC(=O)[C@@H]3CCc4nccc(=O)n43)cc2)N1. The molecule has 2 aromatic carbocycles. The average Bonchev–Trinajstić information content (AvgIpc) is 3.64. The van der Waals surface area contributed by atoms with E-state index in [9.17, 15) is 9.59 Å². The van der Waals surface area contributed by atoms with Crippen molar-refractivity contribution in [2.45, 2.75) is 95.2 Å². The van der Waals surface area contributed by atoms with Crippen LogP contribution in [-0.4, -0.2) is 35.9 Å². The summed E-state index contributed by atoms with van der Waals surface area (Å²) in [6.07, 6.45) is 5.96. The zero-order valence-corrected chi connectivity index (χ0v) is 24.9. The molecule has 1 aromatic heterocycles. The quantitative estimate of drug-likeness (QED) is 0.291. The zero-order valence-electron chi connectivity index (χ0n) is 23.9. The minimum Gasteiger partial charge on any atom is -0.408 e. The number of hydrogen-bond acceptors (Lipinski definition) is 5. The molecule has 5 rings (SSSR count). The third-order valence-corrected chi connectivity index (χ3v) is 13.6. The number of hydrogen-bond donors (Lipinski definition) is 2. The maximum atomic E-state index is 13.0. The van der Waals surface area contributed by atoms with Gasteiger partial charge in [-0.1, -0.05) is 63.2 Å². The Morgan fingerprint density at radius 2 is 1.75 bits per heavy atom. The largest absolute Gasteiger partial charge is 0.408 e. The van der Waals surface area contributed by atoms with Gasteiger partial charge in [-0.3, -0.25) is 14.2 Å². The summed E-state index contributed by atoms with van der Waals surface area (Å²) in [6, 6.07) is 23.9. The minimum atomic E-state index is -1.78. The van der Waals surface area contributed by atoms with Gasteiger partial charge in [-0.15, -0.1) is 0 Å². The van der Waals surface area contributed by atoms with Gasteiger partial charge >= 0.3 is 0 Å². The van der Waals surface area contributed by atoms with Crippen molar-refractivity contribution in [2.75, 3.05) is 5.32 Å². The molecule has 2 aliphatic heterocycles. The van der Waals surface area contributed by atoms with E-state index < -0.39 is 14.4 Å². The second-order valence-electron chi connectivity index (χ2n) is 11.3. The lowest BCUT2D eigenvalue weighted by Gasteiger charge is -2.36. The summed E-state index contributed by atoms with van der Waals surface area (Å²) in [5.74, 6) is 0.511. The predicted octanol–water partition coefficient (Wildman–Crippen LogP) is 5.80. The predicted molar refractivity (Wildman–Crippen MR) is 162 cm³/mol. The van der Waals surface area contributed by atoms with Gasteiger partial charge in [0.15, 0.2) is 8.32 Å². The van der Waals surface area contributed by atoms with E-state index in [1.807, 2.05) is 12.1 Å². The van der Waals surface area contributed by atoms with Crippen molar-refractivity contribution in [3.63, 3.8) is 0 Å². The highest BCUT2D eigenvalue weighted by Crippen LogP contribution is 2.36. The van der Waals surface area contributed by atoms with Gasteiger partial charge in [0.1, 0.15) is 11.9 Å². The molecule has 0 unspecified atom stereocenters. The van der Waals surface area contributed by atoms with E-state index >= 15 is 0 Å². The molecule has 0 spiro atoms. The van der Waals surface area contributed by atoms with Crippen molar-refractivity contribution in [1.82, 2.24) is 14.9 Å². The first-order valence-corrected chi connectivity index (χ1v) is 17.4. The monoisotopic (exact) mass is 558 g/mol. The summed E-state index contributed by atoms with van der Waals surface area (Å²) in [4.78, 5) is 29.5. The molecule has 4 atom stereocenters. The molecule has 1 amide bonds. The van der Waals surface area contributed by atoms with Crippen LogP contribution in [0.3, 0.4) is 0 Å². The van der Waals surface area contributed by atoms with Gasteiger partial charge in [0.2, 0.25) is 5.91 Å². The average molecular weight is 559 g/mol. The highest BCUT2D eigenvalue weighted by Gasteiger charge is 2.38. The van der Waals surface area contributed by atoms with E-state index in [2.05, 4.69) is 78.9 Å². The smallest absolute Gasteiger partial charge is 0.254 e. The van der Waals surface area contributed by atoms with Crippen molar-refractivity contribution in [2.24, 2.45) is 0 Å². The fourth-order valence-electron chi connectivity index (χ4n) is 6.40. The zero-order chi connectivity index (χ0) is 28.1. The number of aryl methyl sites for hydroxylation is 1. The lowest BCUT2D eigenvalue weighted by Crippen LogP contribution is -2.43. The number of carbonyl (C=O) groups is 1. The first kappa shape index (κ1) is 28.5. The number of aromatic nitrogens is 2. The number of carbonyl (C=O) groups excluding carboxylic acids is 1. The Morgan fingerprint density at radius 3 is 2.45 bits per heavy atom. The van der Waals surface area contributed by atoms with E-state index in [4.69, 9.17) is 4.43 Å². The summed E-state index contributed by atoms with van der Waals surface area (Å²) in [6.45, 7) is 6.88. The first-order chi connectivity index (χ1) is 19.4. The topological polar surface area (TPSA) is 85.2 Å². The number of nitrogens with zero attached hydrogens (tertiary/aromatic N) is 2. The van der Waals surface area contributed by atoms with Crippen LogP contribution in [-0.2, 0) is 22.1 Å². The summed E-state index contributed by atoms with van der Waals surface area (Å²) in [7, 11) is -1.78. The third-order valence-electron chi connectivity index (χ3n) is 8.99. The summed E-state index contributed by atoms with van der Waals surface area (Å²) >= 11 is 0. The van der Waals surface area contributed by atoms with Gasteiger partial charge in [0.05, 0.1) is 6.10 Å². The van der Waals surface area contributed by atoms with Gasteiger partial charge < -0.3 is 15.1 Å². The molecule has 7 nitrogen and oxygen atoms in total. The standard InChI is InChI=1S/C32H42N4O3Si/c1-4-40(5-2,6-3)39-31(24-10-8-7-9-11-24)27-17-16-26(34-27)22-23-12-14-25(15-13-23)35-32(38)28-18-19-29-33-21-20-30(37)36(28)29/h7-15,20-21,26-28,31,34H,4-6,16-19,22H2,1-3H3,(H,35,38)/t26-,27+,28-,31+/m0/s1. The maximum absolute atomic E-state index is 13.0. The van der Waals surface area contributed by atoms with E-state index in [1.54, 1.807) is 0 Å². The van der Waals surface area contributed by atoms with E-state index in [-0.39, 0.29) is 17.6 Å². The molecule has 0 aliphatic carbocycles. The summed E-state index contributed by atoms with van der Waals surface area (Å²) in [5, 5.41) is 6.92. The van der Waals surface area contributed by atoms with E-state index in [1.165, 1.54) is 28.0 Å². The number of anilines is 1. The van der Waals surface area contributed by atoms with Crippen molar-refractivity contribution in [1.29, 1.82) is 0 Å². The van der Waals surface area contributed by atoms with Crippen LogP contribution in [0.1, 0.15) is 69.1 Å². The molecule has 0 saturated carbocycles. The molecular formula is C32H42N4O3Si. The number of amides is 1. The highest BCUT2D eigenvalue weighted by molar-refractivity contribution is 6.73. The number of rotatable bonds is 11. The Hall–Kier alpha value is -3.07. The molecule has 2 N–H and O–H groups in total. The van der Waals surface area contributed by atoms with Crippen LogP contribution in [0.25, 0.3) is 0 Å². The van der Waals surface area contributed by atoms with Gasteiger partial charge in [-0.25, -0.2) is 4.98 Å². The van der Waals surface area contributed by atoms with Gasteiger partial charge in [-0.2, -0.15) is 0 Å². The first-order valence-electron chi connectivity index (χ1n) is 14.9. The molecule has 1 saturated heterocycles. The van der Waals surface area contributed by atoms with Crippen LogP contribution in [0.4, 0.5) is 5.69 Å². The second kappa shape index (κ2) is 12.6. The molecule has 8 heteroatoms. The van der Waals surface area contributed by atoms with Crippen molar-refractivity contribution < 1.29 is 9.22 Å². The third kappa shape index (κ3) is 6.14. The van der Waals surface area contributed by atoms with Crippen LogP contribution in [0.2, 0.25) is 18.1 Å². The Morgan fingerprint density at radius 1 is 1.02 bits per heavy atom. The summed E-state index contributed by atoms with van der Waals surface area (Å²) < 4.78 is 8.61. The Balaban J connectivity index is 1.21. The second-order valence-corrected chi connectivity index (χ2v) is 16.0. The lowest BCUT2D eigenvalue weighted by atomic mass is 10.0. The fourth-order valence-corrected chi connectivity index (χ4v) is 9.24. The molecule has 0 radical (unpaired) electrons. The van der Waals surface area contributed by atoms with Crippen LogP contribution < -0.4 is 16.2 Å². The summed E-state index contributed by atoms with van der Waals surface area (Å²) in [5.41, 5.74) is 3.08. The van der Waals surface area contributed by atoms with Gasteiger partial charge in [0.25, 0.3) is 5.56 Å². The number of fused-ring (bicyclic) bond motifs is 1. The minimum absolute atomic E-state index is 0.0822. The molecule has 40 heavy (non-hydrogen) atoms. The van der Waals surface area contributed by atoms with E-state index in [0.29, 0.717) is 30.7 Å². The van der Waals surface area contributed by atoms with Crippen LogP contribution in [0.5, 0.6) is 0 Å². The van der Waals surface area contributed by atoms with Crippen molar-refractivity contribution in [3.05, 3.63) is 94.2 Å². The van der Waals surface area contributed by atoms with Crippen molar-refractivity contribution >= 4 is 19.9 Å². The molecular weight excluding hydrogens is 516 g/mol. The van der Waals surface area contributed by atoms with Crippen LogP contribution >= 0.6 is 0 Å². The molecule has 3 heterocycles. The highest BCUT2D eigenvalue weighted by atomic mass is 28.4. The van der Waals surface area contributed by atoms with E-state index in [0.717, 1.165) is 43.1 Å². The van der Waals surface area contributed by atoms with Gasteiger partial charge in [0, 0.05) is 36.5 Å². The molecule has 2 aliphatic rings. The normalized spacial score (nSPS) is 21.2. The Labute approximate surface area is 238 Å². The molecule has 0 bridgehead atoms. The fraction of sp³-hybridized carbons (Fsp3) is 0.469. The van der Waals surface area contributed by atoms with Crippen LogP contribution in [0, 0.1) is 0 Å². The number of nitrogens with one attached hydrogen (secondary N) is 2. The number of benzene rings is 2. The molecule has 212 valence electrons. The van der Waals surface area contributed by atoms with Crippen molar-refractivity contribution in [3.8, 4) is 0 Å². The molecule has 3 aromatic rings. The molecule has 1 fully saturated rings. The van der Waals surface area contributed by atoms with Gasteiger partial charge in [-0.05, 0) is 67.1 Å². The Bertz CT molecular complexity index is 1330. The Kier molecular flexibility index (Phi) is 8.98.